The quantitative estimate of drug-likeness (QED) is 0.301. The smallest absolute Gasteiger partial charge is 0.258 e. The lowest BCUT2D eigenvalue weighted by Crippen LogP contribution is -2.36. The van der Waals surface area contributed by atoms with Crippen LogP contribution < -0.4 is 14.8 Å². The second-order valence-electron chi connectivity index (χ2n) is 8.23. The molecule has 1 N–H and O–H groups in total. The number of aromatic nitrogens is 2. The third-order valence-electron chi connectivity index (χ3n) is 5.92. The van der Waals surface area contributed by atoms with E-state index < -0.39 is 0 Å². The highest BCUT2D eigenvalue weighted by Crippen LogP contribution is 2.29. The third-order valence-corrected chi connectivity index (χ3v) is 6.80. The van der Waals surface area contributed by atoms with Gasteiger partial charge < -0.3 is 19.7 Å². The lowest BCUT2D eigenvalue weighted by molar-refractivity contribution is -0.116. The molecule has 0 saturated carbocycles. The summed E-state index contributed by atoms with van der Waals surface area (Å²) in [6, 6.07) is 24.0. The molecule has 1 heterocycles. The van der Waals surface area contributed by atoms with Gasteiger partial charge in [0.05, 0.1) is 25.8 Å². The van der Waals surface area contributed by atoms with Gasteiger partial charge in [0.15, 0.2) is 0 Å². The van der Waals surface area contributed by atoms with Crippen LogP contribution in [0.5, 0.6) is 11.5 Å². The molecule has 0 radical (unpaired) electrons. The Bertz CT molecular complexity index is 1360. The van der Waals surface area contributed by atoms with Crippen LogP contribution in [0.3, 0.4) is 0 Å². The van der Waals surface area contributed by atoms with Crippen LogP contribution in [-0.2, 0) is 4.79 Å². The predicted octanol–water partition coefficient (Wildman–Crippen LogP) is 5.45. The molecule has 0 aliphatic carbocycles. The molecule has 1 aromatic heterocycles. The van der Waals surface area contributed by atoms with Crippen LogP contribution in [-0.4, -0.2) is 47.7 Å². The van der Waals surface area contributed by atoms with Crippen molar-refractivity contribution in [2.45, 2.75) is 19.4 Å². The van der Waals surface area contributed by atoms with Gasteiger partial charge in [-0.05, 0) is 36.8 Å². The number of rotatable bonds is 10. The molecule has 190 valence electrons. The summed E-state index contributed by atoms with van der Waals surface area (Å²) in [6.45, 7) is 2.16. The van der Waals surface area contributed by atoms with Crippen molar-refractivity contribution in [1.82, 2.24) is 15.1 Å². The fourth-order valence-electron chi connectivity index (χ4n) is 3.91. The van der Waals surface area contributed by atoms with Crippen LogP contribution in [0.25, 0.3) is 10.6 Å². The first-order valence-electron chi connectivity index (χ1n) is 11.8. The van der Waals surface area contributed by atoms with Gasteiger partial charge in [0.1, 0.15) is 16.5 Å². The van der Waals surface area contributed by atoms with E-state index in [4.69, 9.17) is 9.47 Å². The van der Waals surface area contributed by atoms with E-state index in [-0.39, 0.29) is 30.8 Å². The minimum atomic E-state index is -0.258. The minimum Gasteiger partial charge on any atom is -0.497 e. The van der Waals surface area contributed by atoms with Gasteiger partial charge in [0.2, 0.25) is 11.0 Å². The first-order chi connectivity index (χ1) is 18.0. The summed E-state index contributed by atoms with van der Waals surface area (Å²) in [7, 11) is 3.14. The number of hydrogen-bond acceptors (Lipinski definition) is 7. The number of hydrogen-bond donors (Lipinski definition) is 1. The Morgan fingerprint density at radius 3 is 2.46 bits per heavy atom. The van der Waals surface area contributed by atoms with Gasteiger partial charge in [-0.15, -0.1) is 10.2 Å². The first kappa shape index (κ1) is 25.8. The van der Waals surface area contributed by atoms with Crippen LogP contribution in [0.1, 0.15) is 35.3 Å². The highest BCUT2D eigenvalue weighted by Gasteiger charge is 2.26. The molecule has 1 atom stereocenters. The van der Waals surface area contributed by atoms with Crippen LogP contribution in [0, 0.1) is 0 Å². The summed E-state index contributed by atoms with van der Waals surface area (Å²) >= 11 is 1.27. The Morgan fingerprint density at radius 2 is 1.70 bits per heavy atom. The number of nitrogens with one attached hydrogen (secondary N) is 1. The van der Waals surface area contributed by atoms with Gasteiger partial charge in [-0.3, -0.25) is 9.59 Å². The van der Waals surface area contributed by atoms with E-state index in [9.17, 15) is 9.59 Å². The van der Waals surface area contributed by atoms with Crippen molar-refractivity contribution in [2.24, 2.45) is 0 Å². The molecule has 0 aliphatic rings. The first-order valence-corrected chi connectivity index (χ1v) is 12.6. The number of ether oxygens (including phenoxy) is 2. The van der Waals surface area contributed by atoms with Crippen molar-refractivity contribution in [3.8, 4) is 22.1 Å². The number of carbonyl (C=O) groups is 2. The zero-order valence-corrected chi connectivity index (χ0v) is 21.7. The highest BCUT2D eigenvalue weighted by atomic mass is 32.1. The number of nitrogens with zero attached hydrogens (tertiary/aromatic N) is 3. The van der Waals surface area contributed by atoms with Gasteiger partial charge in [-0.1, -0.05) is 65.9 Å². The molecule has 9 heteroatoms. The molecule has 37 heavy (non-hydrogen) atoms. The van der Waals surface area contributed by atoms with Crippen molar-refractivity contribution in [1.29, 1.82) is 0 Å². The van der Waals surface area contributed by atoms with Crippen molar-refractivity contribution < 1.29 is 19.1 Å². The molecule has 8 nitrogen and oxygen atoms in total. The Kier molecular flexibility index (Phi) is 8.48. The Morgan fingerprint density at radius 1 is 0.946 bits per heavy atom. The van der Waals surface area contributed by atoms with Gasteiger partial charge in [-0.25, -0.2) is 0 Å². The van der Waals surface area contributed by atoms with Crippen molar-refractivity contribution in [2.75, 3.05) is 26.1 Å². The SMILES string of the molecule is COc1cccc(-c2nnc(NC(=O)CCN(C(=O)c3ccccc3OC)[C@H](C)c3ccccc3)s2)c1. The summed E-state index contributed by atoms with van der Waals surface area (Å²) in [5, 5.41) is 12.2. The number of benzene rings is 3. The molecule has 0 unspecified atom stereocenters. The molecule has 0 aliphatic heterocycles. The minimum absolute atomic E-state index is 0.0894. The van der Waals surface area contributed by atoms with Crippen molar-refractivity contribution in [3.05, 3.63) is 90.0 Å². The summed E-state index contributed by atoms with van der Waals surface area (Å²) in [6.07, 6.45) is 0.0894. The van der Waals surface area contributed by atoms with E-state index in [0.717, 1.165) is 11.1 Å². The summed E-state index contributed by atoms with van der Waals surface area (Å²) < 4.78 is 10.7. The topological polar surface area (TPSA) is 93.7 Å². The molecule has 4 rings (SSSR count). The van der Waals surface area contributed by atoms with Crippen LogP contribution in [0.2, 0.25) is 0 Å². The highest BCUT2D eigenvalue weighted by molar-refractivity contribution is 7.18. The lowest BCUT2D eigenvalue weighted by Gasteiger charge is -2.30. The van der Waals surface area contributed by atoms with Gasteiger partial charge in [0.25, 0.3) is 5.91 Å². The molecule has 0 bridgehead atoms. The molecule has 0 fully saturated rings. The van der Waals surface area contributed by atoms with Crippen molar-refractivity contribution >= 4 is 28.3 Å². The second kappa shape index (κ2) is 12.1. The predicted molar refractivity (Wildman–Crippen MR) is 144 cm³/mol. The van der Waals surface area contributed by atoms with Gasteiger partial charge in [0, 0.05) is 18.5 Å². The van der Waals surface area contributed by atoms with E-state index in [0.29, 0.717) is 27.2 Å². The number of amides is 2. The van der Waals surface area contributed by atoms with E-state index in [1.807, 2.05) is 67.6 Å². The number of methoxy groups -OCH3 is 2. The molecule has 0 saturated heterocycles. The van der Waals surface area contributed by atoms with Crippen LogP contribution >= 0.6 is 11.3 Å². The summed E-state index contributed by atoms with van der Waals surface area (Å²) in [5.74, 6) is 0.732. The maximum absolute atomic E-state index is 13.6. The fourth-order valence-corrected chi connectivity index (χ4v) is 4.67. The third kappa shape index (κ3) is 6.31. The van der Waals surface area contributed by atoms with Crippen molar-refractivity contribution in [3.63, 3.8) is 0 Å². The van der Waals surface area contributed by atoms with Gasteiger partial charge >= 0.3 is 0 Å². The monoisotopic (exact) mass is 516 g/mol. The Balaban J connectivity index is 1.48. The molecule has 3 aromatic carbocycles. The molecular formula is C28H28N4O4S. The maximum atomic E-state index is 13.6. The maximum Gasteiger partial charge on any atom is 0.258 e. The summed E-state index contributed by atoms with van der Waals surface area (Å²) in [5.41, 5.74) is 2.26. The van der Waals surface area contributed by atoms with E-state index in [1.165, 1.54) is 18.4 Å². The lowest BCUT2D eigenvalue weighted by atomic mass is 10.0. The normalized spacial score (nSPS) is 11.4. The van der Waals surface area contributed by atoms with E-state index in [1.54, 1.807) is 30.2 Å². The average molecular weight is 517 g/mol. The van der Waals surface area contributed by atoms with Gasteiger partial charge in [-0.2, -0.15) is 0 Å². The molecule has 2 amide bonds. The summed E-state index contributed by atoms with van der Waals surface area (Å²) in [4.78, 5) is 28.1. The number of anilines is 1. The molecular weight excluding hydrogens is 488 g/mol. The van der Waals surface area contributed by atoms with Crippen LogP contribution in [0.4, 0.5) is 5.13 Å². The number of carbonyl (C=O) groups excluding carboxylic acids is 2. The fraction of sp³-hybridized carbons (Fsp3) is 0.214. The number of para-hydroxylation sites is 1. The molecule has 0 spiro atoms. The Hall–Kier alpha value is -4.24. The zero-order valence-electron chi connectivity index (χ0n) is 20.9. The standard InChI is InChI=1S/C28H28N4O4S/c1-19(20-10-5-4-6-11-20)32(27(34)23-14-7-8-15-24(23)36-3)17-16-25(33)29-28-31-30-26(37-28)21-12-9-13-22(18-21)35-2/h4-15,18-19H,16-17H2,1-3H3,(H,29,31,33)/t19-/m1/s1. The second-order valence-corrected chi connectivity index (χ2v) is 9.21. The largest absolute Gasteiger partial charge is 0.497 e. The zero-order chi connectivity index (χ0) is 26.2. The molecule has 4 aromatic rings. The Labute approximate surface area is 219 Å². The average Bonchev–Trinajstić information content (AvgIpc) is 3.41. The van der Waals surface area contributed by atoms with E-state index in [2.05, 4.69) is 15.5 Å². The van der Waals surface area contributed by atoms with Crippen LogP contribution in [0.15, 0.2) is 78.9 Å². The van der Waals surface area contributed by atoms with E-state index >= 15 is 0 Å².